The highest BCUT2D eigenvalue weighted by atomic mass is 17.5. The van der Waals surface area contributed by atoms with Gasteiger partial charge in [0, 0.05) is 5.69 Å². The Labute approximate surface area is 94.2 Å². The molecule has 88 valence electrons. The molecule has 0 saturated carbocycles. The summed E-state index contributed by atoms with van der Waals surface area (Å²) in [6.45, 7) is 5.31. The second-order valence-corrected chi connectivity index (χ2v) is 4.13. The van der Waals surface area contributed by atoms with Crippen molar-refractivity contribution in [1.29, 1.82) is 0 Å². The molecule has 0 aliphatic carbocycles. The molecule has 0 aliphatic heterocycles. The summed E-state index contributed by atoms with van der Waals surface area (Å²) in [5.74, 6) is 0. The van der Waals surface area contributed by atoms with Crippen LogP contribution in [-0.4, -0.2) is 11.7 Å². The fourth-order valence-corrected chi connectivity index (χ4v) is 0.810. The van der Waals surface area contributed by atoms with Gasteiger partial charge in [-0.05, 0) is 37.9 Å². The van der Waals surface area contributed by atoms with Crippen LogP contribution in [0, 0.1) is 0 Å². The molecule has 0 aromatic heterocycles. The minimum absolute atomic E-state index is 0.535. The third-order valence-corrected chi connectivity index (χ3v) is 1.41. The third-order valence-electron chi connectivity index (χ3n) is 1.41. The number of amides is 1. The average Bonchev–Trinajstić information content (AvgIpc) is 2.17. The van der Waals surface area contributed by atoms with Crippen LogP contribution in [0.2, 0.25) is 0 Å². The summed E-state index contributed by atoms with van der Waals surface area (Å²) in [7, 11) is 0. The fraction of sp³-hybridized carbons (Fsp3) is 0.364. The SMILES string of the molecule is CC(C)(C)OOOC(=O)Nc1ccccc1. The summed E-state index contributed by atoms with van der Waals surface area (Å²) in [5, 5.41) is 6.78. The molecule has 0 spiro atoms. The number of hydrogen-bond donors (Lipinski definition) is 1. The Bertz CT molecular complexity index is 332. The lowest BCUT2D eigenvalue weighted by Gasteiger charge is -2.15. The first-order valence-corrected chi connectivity index (χ1v) is 4.86. The molecule has 0 atom stereocenters. The maximum absolute atomic E-state index is 11.2. The number of rotatable bonds is 3. The summed E-state index contributed by atoms with van der Waals surface area (Å²) >= 11 is 0. The summed E-state index contributed by atoms with van der Waals surface area (Å²) in [5.41, 5.74) is 0.0828. The molecule has 0 heterocycles. The van der Waals surface area contributed by atoms with E-state index in [1.807, 2.05) is 6.07 Å². The van der Waals surface area contributed by atoms with Gasteiger partial charge in [0.2, 0.25) is 0 Å². The summed E-state index contributed by atoms with van der Waals surface area (Å²) in [6.07, 6.45) is -0.740. The van der Waals surface area contributed by atoms with E-state index in [0.29, 0.717) is 5.69 Å². The van der Waals surface area contributed by atoms with E-state index in [0.717, 1.165) is 0 Å². The van der Waals surface area contributed by atoms with E-state index in [9.17, 15) is 4.79 Å². The van der Waals surface area contributed by atoms with Crippen molar-refractivity contribution in [3.8, 4) is 0 Å². The molecule has 16 heavy (non-hydrogen) atoms. The Morgan fingerprint density at radius 1 is 1.19 bits per heavy atom. The van der Waals surface area contributed by atoms with Crippen molar-refractivity contribution in [3.05, 3.63) is 30.3 Å². The van der Waals surface area contributed by atoms with Crippen LogP contribution in [0.3, 0.4) is 0 Å². The highest BCUT2D eigenvalue weighted by molar-refractivity contribution is 5.83. The zero-order chi connectivity index (χ0) is 12.0. The fourth-order valence-electron chi connectivity index (χ4n) is 0.810. The lowest BCUT2D eigenvalue weighted by Crippen LogP contribution is -2.22. The molecule has 0 saturated heterocycles. The lowest BCUT2D eigenvalue weighted by atomic mass is 10.2. The van der Waals surface area contributed by atoms with Crippen molar-refractivity contribution in [2.45, 2.75) is 26.4 Å². The predicted molar refractivity (Wildman–Crippen MR) is 58.5 cm³/mol. The van der Waals surface area contributed by atoms with Crippen LogP contribution in [0.4, 0.5) is 10.5 Å². The normalized spacial score (nSPS) is 10.9. The lowest BCUT2D eigenvalue weighted by molar-refractivity contribution is -0.509. The van der Waals surface area contributed by atoms with Gasteiger partial charge >= 0.3 is 6.09 Å². The van der Waals surface area contributed by atoms with Gasteiger partial charge in [0.05, 0.1) is 5.60 Å². The average molecular weight is 225 g/mol. The molecule has 0 aliphatic rings. The van der Waals surface area contributed by atoms with E-state index < -0.39 is 11.7 Å². The van der Waals surface area contributed by atoms with Gasteiger partial charge < -0.3 is 0 Å². The zero-order valence-electron chi connectivity index (χ0n) is 9.52. The Morgan fingerprint density at radius 2 is 1.81 bits per heavy atom. The molecular formula is C11H15NO4. The van der Waals surface area contributed by atoms with E-state index in [4.69, 9.17) is 4.89 Å². The molecule has 0 bridgehead atoms. The molecule has 1 amide bonds. The van der Waals surface area contributed by atoms with Crippen molar-refractivity contribution in [1.82, 2.24) is 0 Å². The van der Waals surface area contributed by atoms with Crippen molar-refractivity contribution in [2.24, 2.45) is 0 Å². The van der Waals surface area contributed by atoms with Gasteiger partial charge in [-0.25, -0.2) is 9.68 Å². The van der Waals surface area contributed by atoms with Crippen molar-refractivity contribution in [3.63, 3.8) is 0 Å². The third kappa shape index (κ3) is 5.33. The summed E-state index contributed by atoms with van der Waals surface area (Å²) in [4.78, 5) is 20.3. The molecule has 0 fully saturated rings. The minimum Gasteiger partial charge on any atom is -0.289 e. The van der Waals surface area contributed by atoms with Gasteiger partial charge in [-0.2, -0.15) is 4.89 Å². The van der Waals surface area contributed by atoms with Crippen LogP contribution in [-0.2, 0) is 14.8 Å². The maximum Gasteiger partial charge on any atom is 0.446 e. The molecule has 5 heteroatoms. The first-order chi connectivity index (χ1) is 7.47. The standard InChI is InChI=1S/C11H15NO4/c1-11(2,3)15-16-14-10(13)12-9-7-5-4-6-8-9/h4-8H,1-3H3,(H,12,13). The summed E-state index contributed by atoms with van der Waals surface area (Å²) < 4.78 is 0. The molecule has 1 aromatic rings. The number of para-hydroxylation sites is 1. The molecule has 1 rings (SSSR count). The van der Waals surface area contributed by atoms with E-state index in [1.165, 1.54) is 0 Å². The monoisotopic (exact) mass is 225 g/mol. The van der Waals surface area contributed by atoms with Crippen molar-refractivity contribution in [2.75, 3.05) is 5.32 Å². The Kier molecular flexibility index (Phi) is 4.28. The molecule has 5 nitrogen and oxygen atoms in total. The van der Waals surface area contributed by atoms with Gasteiger partial charge in [0.15, 0.2) is 0 Å². The molecular weight excluding hydrogens is 210 g/mol. The maximum atomic E-state index is 11.2. The second kappa shape index (κ2) is 5.48. The first-order valence-electron chi connectivity index (χ1n) is 4.86. The van der Waals surface area contributed by atoms with Crippen LogP contribution in [0.5, 0.6) is 0 Å². The van der Waals surface area contributed by atoms with E-state index in [-0.39, 0.29) is 0 Å². The Balaban J connectivity index is 2.27. The Hall–Kier alpha value is -1.59. The van der Waals surface area contributed by atoms with Gasteiger partial charge in [0.1, 0.15) is 0 Å². The van der Waals surface area contributed by atoms with Crippen LogP contribution < -0.4 is 5.32 Å². The van der Waals surface area contributed by atoms with Crippen LogP contribution in [0.15, 0.2) is 30.3 Å². The smallest absolute Gasteiger partial charge is 0.289 e. The summed E-state index contributed by atoms with van der Waals surface area (Å²) in [6, 6.07) is 8.89. The molecule has 1 aromatic carbocycles. The van der Waals surface area contributed by atoms with E-state index in [2.05, 4.69) is 15.2 Å². The van der Waals surface area contributed by atoms with Crippen LogP contribution >= 0.6 is 0 Å². The van der Waals surface area contributed by atoms with Crippen LogP contribution in [0.25, 0.3) is 0 Å². The van der Waals surface area contributed by atoms with Crippen LogP contribution in [0.1, 0.15) is 20.8 Å². The van der Waals surface area contributed by atoms with E-state index >= 15 is 0 Å². The Morgan fingerprint density at radius 3 is 2.38 bits per heavy atom. The number of nitrogens with one attached hydrogen (secondary N) is 1. The molecule has 1 N–H and O–H groups in total. The highest BCUT2D eigenvalue weighted by Gasteiger charge is 2.14. The quantitative estimate of drug-likeness (QED) is 0.634. The predicted octanol–water partition coefficient (Wildman–Crippen LogP) is 2.90. The molecule has 0 unspecified atom stereocenters. The minimum atomic E-state index is -0.740. The largest absolute Gasteiger partial charge is 0.446 e. The number of carbonyl (C=O) groups is 1. The zero-order valence-corrected chi connectivity index (χ0v) is 9.52. The van der Waals surface area contributed by atoms with Gasteiger partial charge in [-0.1, -0.05) is 18.2 Å². The topological polar surface area (TPSA) is 56.8 Å². The van der Waals surface area contributed by atoms with Gasteiger partial charge in [-0.15, -0.1) is 0 Å². The number of carbonyl (C=O) groups excluding carboxylic acids is 1. The van der Waals surface area contributed by atoms with E-state index in [1.54, 1.807) is 45.0 Å². The van der Waals surface area contributed by atoms with Gasteiger partial charge in [-0.3, -0.25) is 5.32 Å². The number of hydrogen-bond acceptors (Lipinski definition) is 4. The van der Waals surface area contributed by atoms with Gasteiger partial charge in [0.25, 0.3) is 0 Å². The number of anilines is 1. The first kappa shape index (κ1) is 12.5. The molecule has 0 radical (unpaired) electrons. The van der Waals surface area contributed by atoms with Crippen molar-refractivity contribution < 1.29 is 19.6 Å². The highest BCUT2D eigenvalue weighted by Crippen LogP contribution is 2.08. The van der Waals surface area contributed by atoms with Crippen molar-refractivity contribution >= 4 is 11.8 Å². The number of benzene rings is 1. The second-order valence-electron chi connectivity index (χ2n) is 4.13.